The van der Waals surface area contributed by atoms with E-state index in [-0.39, 0.29) is 11.7 Å². The van der Waals surface area contributed by atoms with Gasteiger partial charge in [-0.25, -0.2) is 4.39 Å². The standard InChI is InChI=1S/C20H18FN3O2/c1-12-5-3-4-6-15(12)16-11-19(24(2)23-16)22-20(25)18-10-13-9-14(21)7-8-17(13)26-18/h3-9,11,18H,10H2,1-2H3,(H,22,25)/t18-/m0/s1. The van der Waals surface area contributed by atoms with Gasteiger partial charge in [-0.05, 0) is 30.7 Å². The van der Waals surface area contributed by atoms with Gasteiger partial charge in [-0.15, -0.1) is 0 Å². The first-order valence-corrected chi connectivity index (χ1v) is 8.37. The molecule has 132 valence electrons. The molecule has 0 bridgehead atoms. The van der Waals surface area contributed by atoms with Crippen molar-refractivity contribution < 1.29 is 13.9 Å². The summed E-state index contributed by atoms with van der Waals surface area (Å²) in [6.45, 7) is 2.02. The monoisotopic (exact) mass is 351 g/mol. The Kier molecular flexibility index (Phi) is 3.95. The molecule has 1 atom stereocenters. The number of nitrogens with one attached hydrogen (secondary N) is 1. The van der Waals surface area contributed by atoms with Crippen molar-refractivity contribution in [1.29, 1.82) is 0 Å². The second-order valence-electron chi connectivity index (χ2n) is 6.41. The second kappa shape index (κ2) is 6.29. The summed E-state index contributed by atoms with van der Waals surface area (Å²) in [4.78, 5) is 12.6. The highest BCUT2D eigenvalue weighted by molar-refractivity contribution is 5.95. The minimum absolute atomic E-state index is 0.277. The predicted octanol–water partition coefficient (Wildman–Crippen LogP) is 3.48. The highest BCUT2D eigenvalue weighted by Crippen LogP contribution is 2.30. The Balaban J connectivity index is 1.52. The van der Waals surface area contributed by atoms with E-state index in [1.807, 2.05) is 37.3 Å². The van der Waals surface area contributed by atoms with Gasteiger partial charge < -0.3 is 10.1 Å². The number of amides is 1. The molecular formula is C20H18FN3O2. The number of halogens is 1. The number of rotatable bonds is 3. The Morgan fingerprint density at radius 1 is 1.27 bits per heavy atom. The summed E-state index contributed by atoms with van der Waals surface area (Å²) in [5.41, 5.74) is 3.62. The normalized spacial score (nSPS) is 15.4. The van der Waals surface area contributed by atoms with Crippen molar-refractivity contribution in [1.82, 2.24) is 9.78 Å². The molecule has 0 spiro atoms. The molecule has 1 aliphatic rings. The molecular weight excluding hydrogens is 333 g/mol. The van der Waals surface area contributed by atoms with Crippen molar-refractivity contribution >= 4 is 11.7 Å². The van der Waals surface area contributed by atoms with E-state index >= 15 is 0 Å². The van der Waals surface area contributed by atoms with E-state index in [1.165, 1.54) is 12.1 Å². The molecule has 0 unspecified atom stereocenters. The van der Waals surface area contributed by atoms with Crippen LogP contribution in [0, 0.1) is 12.7 Å². The first-order chi connectivity index (χ1) is 12.5. The fourth-order valence-electron chi connectivity index (χ4n) is 3.15. The van der Waals surface area contributed by atoms with Crippen LogP contribution in [0.1, 0.15) is 11.1 Å². The van der Waals surface area contributed by atoms with Crippen LogP contribution in [-0.4, -0.2) is 21.8 Å². The Hall–Kier alpha value is -3.15. The molecule has 5 nitrogen and oxygen atoms in total. The molecule has 0 aliphatic carbocycles. The van der Waals surface area contributed by atoms with Crippen LogP contribution in [-0.2, 0) is 18.3 Å². The van der Waals surface area contributed by atoms with Gasteiger partial charge in [-0.2, -0.15) is 5.10 Å². The number of aromatic nitrogens is 2. The van der Waals surface area contributed by atoms with Gasteiger partial charge in [-0.1, -0.05) is 24.3 Å². The third kappa shape index (κ3) is 2.94. The van der Waals surface area contributed by atoms with Gasteiger partial charge in [0.25, 0.3) is 5.91 Å². The van der Waals surface area contributed by atoms with Crippen LogP contribution in [0.15, 0.2) is 48.5 Å². The van der Waals surface area contributed by atoms with Crippen molar-refractivity contribution in [2.45, 2.75) is 19.4 Å². The molecule has 3 aromatic rings. The molecule has 1 amide bonds. The summed E-state index contributed by atoms with van der Waals surface area (Å²) in [6, 6.07) is 14.1. The molecule has 2 aromatic carbocycles. The van der Waals surface area contributed by atoms with E-state index < -0.39 is 6.10 Å². The molecule has 0 saturated heterocycles. The van der Waals surface area contributed by atoms with E-state index in [2.05, 4.69) is 10.4 Å². The first kappa shape index (κ1) is 16.3. The van der Waals surface area contributed by atoms with Crippen LogP contribution in [0.5, 0.6) is 5.75 Å². The molecule has 4 rings (SSSR count). The Bertz CT molecular complexity index is 996. The molecule has 1 aromatic heterocycles. The van der Waals surface area contributed by atoms with E-state index in [4.69, 9.17) is 4.74 Å². The number of fused-ring (bicyclic) bond motifs is 1. The number of anilines is 1. The van der Waals surface area contributed by atoms with Gasteiger partial charge in [0.1, 0.15) is 17.4 Å². The Morgan fingerprint density at radius 3 is 2.88 bits per heavy atom. The third-order valence-corrected chi connectivity index (χ3v) is 4.54. The average molecular weight is 351 g/mol. The number of hydrogen-bond acceptors (Lipinski definition) is 3. The topological polar surface area (TPSA) is 56.1 Å². The van der Waals surface area contributed by atoms with E-state index in [9.17, 15) is 9.18 Å². The summed E-state index contributed by atoms with van der Waals surface area (Å²) >= 11 is 0. The number of nitrogens with zero attached hydrogens (tertiary/aromatic N) is 2. The van der Waals surface area contributed by atoms with Crippen LogP contribution >= 0.6 is 0 Å². The predicted molar refractivity (Wildman–Crippen MR) is 96.5 cm³/mol. The Morgan fingerprint density at radius 2 is 2.08 bits per heavy atom. The van der Waals surface area contributed by atoms with Crippen molar-refractivity contribution in [3.63, 3.8) is 0 Å². The van der Waals surface area contributed by atoms with Crippen LogP contribution < -0.4 is 10.1 Å². The lowest BCUT2D eigenvalue weighted by atomic mass is 10.1. The minimum atomic E-state index is -0.677. The van der Waals surface area contributed by atoms with Gasteiger partial charge >= 0.3 is 0 Å². The van der Waals surface area contributed by atoms with Crippen molar-refractivity contribution in [2.24, 2.45) is 7.05 Å². The van der Waals surface area contributed by atoms with Crippen LogP contribution in [0.4, 0.5) is 10.2 Å². The molecule has 0 radical (unpaired) electrons. The van der Waals surface area contributed by atoms with Gasteiger partial charge in [0, 0.05) is 30.7 Å². The minimum Gasteiger partial charge on any atom is -0.480 e. The third-order valence-electron chi connectivity index (χ3n) is 4.54. The lowest BCUT2D eigenvalue weighted by Gasteiger charge is -2.11. The largest absolute Gasteiger partial charge is 0.480 e. The fourth-order valence-corrected chi connectivity index (χ4v) is 3.15. The summed E-state index contributed by atoms with van der Waals surface area (Å²) in [6.07, 6.45) is -0.329. The van der Waals surface area contributed by atoms with Gasteiger partial charge in [0.2, 0.25) is 0 Å². The van der Waals surface area contributed by atoms with Crippen molar-refractivity contribution in [2.75, 3.05) is 5.32 Å². The lowest BCUT2D eigenvalue weighted by Crippen LogP contribution is -2.32. The summed E-state index contributed by atoms with van der Waals surface area (Å²) < 4.78 is 20.6. The number of benzene rings is 2. The number of ether oxygens (including phenoxy) is 1. The number of carbonyl (C=O) groups is 1. The van der Waals surface area contributed by atoms with Crippen LogP contribution in [0.3, 0.4) is 0 Å². The second-order valence-corrected chi connectivity index (χ2v) is 6.41. The zero-order valence-electron chi connectivity index (χ0n) is 14.5. The molecule has 0 saturated carbocycles. The van der Waals surface area contributed by atoms with Crippen molar-refractivity contribution in [3.8, 4) is 17.0 Å². The zero-order valence-corrected chi connectivity index (χ0v) is 14.5. The lowest BCUT2D eigenvalue weighted by molar-refractivity contribution is -0.122. The number of aryl methyl sites for hydroxylation is 2. The van der Waals surface area contributed by atoms with E-state index in [0.717, 1.165) is 16.8 Å². The fraction of sp³-hybridized carbons (Fsp3) is 0.200. The van der Waals surface area contributed by atoms with Gasteiger partial charge in [-0.3, -0.25) is 9.48 Å². The maximum Gasteiger partial charge on any atom is 0.266 e. The van der Waals surface area contributed by atoms with Crippen LogP contribution in [0.25, 0.3) is 11.3 Å². The highest BCUT2D eigenvalue weighted by atomic mass is 19.1. The van der Waals surface area contributed by atoms with Crippen molar-refractivity contribution in [3.05, 3.63) is 65.5 Å². The van der Waals surface area contributed by atoms with Gasteiger partial charge in [0.05, 0.1) is 5.69 Å². The first-order valence-electron chi connectivity index (χ1n) is 8.37. The average Bonchev–Trinajstić information content (AvgIpc) is 3.19. The number of carbonyl (C=O) groups excluding carboxylic acids is 1. The van der Waals surface area contributed by atoms with Crippen LogP contribution in [0.2, 0.25) is 0 Å². The van der Waals surface area contributed by atoms with E-state index in [1.54, 1.807) is 17.8 Å². The summed E-state index contributed by atoms with van der Waals surface area (Å²) in [7, 11) is 1.77. The summed E-state index contributed by atoms with van der Waals surface area (Å²) in [5, 5.41) is 7.34. The molecule has 26 heavy (non-hydrogen) atoms. The maximum atomic E-state index is 13.3. The van der Waals surface area contributed by atoms with E-state index in [0.29, 0.717) is 23.6 Å². The molecule has 0 fully saturated rings. The zero-order chi connectivity index (χ0) is 18.3. The van der Waals surface area contributed by atoms with Gasteiger partial charge in [0.15, 0.2) is 6.10 Å². The highest BCUT2D eigenvalue weighted by Gasteiger charge is 2.30. The number of hydrogen-bond donors (Lipinski definition) is 1. The molecule has 2 heterocycles. The smallest absolute Gasteiger partial charge is 0.266 e. The maximum absolute atomic E-state index is 13.3. The molecule has 1 N–H and O–H groups in total. The Labute approximate surface area is 150 Å². The summed E-state index contributed by atoms with van der Waals surface area (Å²) in [5.74, 6) is 0.528. The molecule has 6 heteroatoms. The SMILES string of the molecule is Cc1ccccc1-c1cc(NC(=O)[C@@H]2Cc3cc(F)ccc3O2)n(C)n1. The molecule has 1 aliphatic heterocycles. The quantitative estimate of drug-likeness (QED) is 0.786.